The molecular formula is C20H18ClF3N6O3. The summed E-state index contributed by atoms with van der Waals surface area (Å²) in [6, 6.07) is 3.57. The molecule has 1 aliphatic heterocycles. The molecule has 0 spiro atoms. The average molecular weight is 483 g/mol. The van der Waals surface area contributed by atoms with Crippen molar-refractivity contribution in [3.8, 4) is 5.95 Å². The van der Waals surface area contributed by atoms with Crippen molar-refractivity contribution < 1.29 is 27.4 Å². The second kappa shape index (κ2) is 9.41. The van der Waals surface area contributed by atoms with Crippen LogP contribution in [0.1, 0.15) is 34.7 Å². The Labute approximate surface area is 191 Å². The Bertz CT molecular complexity index is 1120. The third kappa shape index (κ3) is 5.13. The molecule has 174 valence electrons. The number of hydrogen-bond donors (Lipinski definition) is 0. The van der Waals surface area contributed by atoms with Crippen molar-refractivity contribution in [3.05, 3.63) is 65.0 Å². The van der Waals surface area contributed by atoms with Gasteiger partial charge in [0.15, 0.2) is 12.1 Å². The summed E-state index contributed by atoms with van der Waals surface area (Å²) in [5.74, 6) is -0.191. The van der Waals surface area contributed by atoms with Gasteiger partial charge in [-0.1, -0.05) is 11.6 Å². The zero-order valence-corrected chi connectivity index (χ0v) is 18.0. The van der Waals surface area contributed by atoms with Crippen LogP contribution in [0.5, 0.6) is 0 Å². The molecule has 0 aliphatic carbocycles. The number of carbonyl (C=O) groups excluding carboxylic acids is 1. The van der Waals surface area contributed by atoms with Gasteiger partial charge in [0.25, 0.3) is 11.9 Å². The van der Waals surface area contributed by atoms with Gasteiger partial charge in [-0.15, -0.1) is 0 Å². The van der Waals surface area contributed by atoms with Crippen LogP contribution >= 0.6 is 11.6 Å². The Morgan fingerprint density at radius 2 is 1.91 bits per heavy atom. The Balaban J connectivity index is 1.72. The van der Waals surface area contributed by atoms with Gasteiger partial charge in [0, 0.05) is 23.0 Å². The van der Waals surface area contributed by atoms with Crippen molar-refractivity contribution in [1.82, 2.24) is 29.6 Å². The molecular weight excluding hydrogens is 465 g/mol. The molecule has 13 heteroatoms. The van der Waals surface area contributed by atoms with Gasteiger partial charge >= 0.3 is 6.18 Å². The fourth-order valence-electron chi connectivity index (χ4n) is 3.36. The van der Waals surface area contributed by atoms with Gasteiger partial charge < -0.3 is 14.4 Å². The Kier molecular flexibility index (Phi) is 6.58. The maximum absolute atomic E-state index is 13.4. The quantitative estimate of drug-likeness (QED) is 0.532. The van der Waals surface area contributed by atoms with Gasteiger partial charge in [-0.05, 0) is 31.2 Å². The number of carbonyl (C=O) groups is 1. The van der Waals surface area contributed by atoms with Gasteiger partial charge in [-0.3, -0.25) is 4.79 Å². The molecule has 1 aliphatic rings. The number of amides is 1. The molecule has 1 aromatic carbocycles. The van der Waals surface area contributed by atoms with Crippen molar-refractivity contribution in [1.29, 1.82) is 0 Å². The molecule has 1 saturated heterocycles. The minimum absolute atomic E-state index is 0.0592. The van der Waals surface area contributed by atoms with E-state index in [2.05, 4.69) is 20.1 Å². The molecule has 0 saturated carbocycles. The van der Waals surface area contributed by atoms with Gasteiger partial charge in [0.2, 0.25) is 0 Å². The van der Waals surface area contributed by atoms with Gasteiger partial charge in [-0.25, -0.2) is 15.0 Å². The molecule has 3 heterocycles. The Hall–Kier alpha value is -3.09. The first kappa shape index (κ1) is 23.1. The van der Waals surface area contributed by atoms with E-state index in [0.29, 0.717) is 19.0 Å². The molecule has 0 bridgehead atoms. The van der Waals surface area contributed by atoms with Crippen LogP contribution in [-0.4, -0.2) is 61.6 Å². The van der Waals surface area contributed by atoms with Gasteiger partial charge in [-0.2, -0.15) is 23.0 Å². The third-order valence-corrected chi connectivity index (χ3v) is 5.14. The SMILES string of the molecule is CC(c1ncnn1-c1ncccn1)N(CC1OCCO1)C(=O)c1cc(Cl)cc(C(F)(F)F)c1. The molecule has 33 heavy (non-hydrogen) atoms. The summed E-state index contributed by atoms with van der Waals surface area (Å²) in [6.07, 6.45) is -1.10. The van der Waals surface area contributed by atoms with Gasteiger partial charge in [0.1, 0.15) is 6.33 Å². The minimum Gasteiger partial charge on any atom is -0.348 e. The van der Waals surface area contributed by atoms with E-state index in [0.717, 1.165) is 12.1 Å². The number of ether oxygens (including phenoxy) is 2. The molecule has 2 aromatic heterocycles. The largest absolute Gasteiger partial charge is 0.416 e. The number of rotatable bonds is 6. The fourth-order valence-corrected chi connectivity index (χ4v) is 3.60. The predicted molar refractivity (Wildman–Crippen MR) is 109 cm³/mol. The summed E-state index contributed by atoms with van der Waals surface area (Å²) in [7, 11) is 0. The molecule has 1 atom stereocenters. The zero-order chi connectivity index (χ0) is 23.6. The lowest BCUT2D eigenvalue weighted by atomic mass is 10.1. The monoisotopic (exact) mass is 482 g/mol. The molecule has 0 N–H and O–H groups in total. The van der Waals surface area contributed by atoms with E-state index in [1.54, 1.807) is 13.0 Å². The van der Waals surface area contributed by atoms with Crippen molar-refractivity contribution in [2.45, 2.75) is 25.4 Å². The van der Waals surface area contributed by atoms with Crippen molar-refractivity contribution in [2.24, 2.45) is 0 Å². The summed E-state index contributed by atoms with van der Waals surface area (Å²) >= 11 is 5.90. The Morgan fingerprint density at radius 1 is 1.21 bits per heavy atom. The average Bonchev–Trinajstić information content (AvgIpc) is 3.48. The van der Waals surface area contributed by atoms with Crippen LogP contribution in [0.15, 0.2) is 43.0 Å². The van der Waals surface area contributed by atoms with Crippen LogP contribution in [0.25, 0.3) is 5.95 Å². The smallest absolute Gasteiger partial charge is 0.348 e. The molecule has 1 fully saturated rings. The first-order valence-corrected chi connectivity index (χ1v) is 10.2. The van der Waals surface area contributed by atoms with E-state index < -0.39 is 30.0 Å². The van der Waals surface area contributed by atoms with Crippen LogP contribution in [0.2, 0.25) is 5.02 Å². The third-order valence-electron chi connectivity index (χ3n) is 4.93. The molecule has 1 amide bonds. The zero-order valence-electron chi connectivity index (χ0n) is 17.2. The molecule has 3 aromatic rings. The fraction of sp³-hybridized carbons (Fsp3) is 0.350. The number of alkyl halides is 3. The van der Waals surface area contributed by atoms with Crippen molar-refractivity contribution >= 4 is 17.5 Å². The van der Waals surface area contributed by atoms with E-state index in [4.69, 9.17) is 21.1 Å². The highest BCUT2D eigenvalue weighted by Gasteiger charge is 2.35. The van der Waals surface area contributed by atoms with E-state index in [1.807, 2.05) is 0 Å². The highest BCUT2D eigenvalue weighted by Crippen LogP contribution is 2.33. The van der Waals surface area contributed by atoms with Crippen LogP contribution in [0.4, 0.5) is 13.2 Å². The van der Waals surface area contributed by atoms with Gasteiger partial charge in [0.05, 0.1) is 31.4 Å². The normalized spacial score (nSPS) is 15.5. The summed E-state index contributed by atoms with van der Waals surface area (Å²) in [5, 5.41) is 3.91. The van der Waals surface area contributed by atoms with E-state index in [-0.39, 0.29) is 23.1 Å². The topological polar surface area (TPSA) is 95.3 Å². The first-order chi connectivity index (χ1) is 15.7. The lowest BCUT2D eigenvalue weighted by Crippen LogP contribution is -2.40. The standard InChI is InChI=1S/C20H18ClF3N6O3/c1-12(17-27-11-28-30(17)19-25-3-2-4-26-19)29(10-16-32-5-6-33-16)18(31)13-7-14(20(22,23)24)9-15(21)8-13/h2-4,7-9,11-12,16H,5-6,10H2,1H3. The number of halogens is 4. The van der Waals surface area contributed by atoms with Crippen molar-refractivity contribution in [3.63, 3.8) is 0 Å². The summed E-state index contributed by atoms with van der Waals surface area (Å²) < 4.78 is 52.2. The molecule has 9 nitrogen and oxygen atoms in total. The molecule has 0 radical (unpaired) electrons. The van der Waals surface area contributed by atoms with Crippen LogP contribution in [-0.2, 0) is 15.7 Å². The highest BCUT2D eigenvalue weighted by atomic mass is 35.5. The first-order valence-electron chi connectivity index (χ1n) is 9.83. The lowest BCUT2D eigenvalue weighted by molar-refractivity contribution is -0.137. The predicted octanol–water partition coefficient (Wildman–Crippen LogP) is 3.31. The van der Waals surface area contributed by atoms with Crippen LogP contribution < -0.4 is 0 Å². The van der Waals surface area contributed by atoms with E-state index in [9.17, 15) is 18.0 Å². The van der Waals surface area contributed by atoms with Crippen molar-refractivity contribution in [2.75, 3.05) is 19.8 Å². The van der Waals surface area contributed by atoms with Crippen LogP contribution in [0, 0.1) is 0 Å². The maximum Gasteiger partial charge on any atom is 0.416 e. The van der Waals surface area contributed by atoms with Crippen LogP contribution in [0.3, 0.4) is 0 Å². The molecule has 4 rings (SSSR count). The number of nitrogens with zero attached hydrogens (tertiary/aromatic N) is 6. The Morgan fingerprint density at radius 3 is 2.58 bits per heavy atom. The number of hydrogen-bond acceptors (Lipinski definition) is 7. The second-order valence-electron chi connectivity index (χ2n) is 7.11. The lowest BCUT2D eigenvalue weighted by Gasteiger charge is -2.30. The summed E-state index contributed by atoms with van der Waals surface area (Å²) in [4.78, 5) is 27.2. The number of aromatic nitrogens is 5. The summed E-state index contributed by atoms with van der Waals surface area (Å²) in [5.41, 5.74) is -1.26. The summed E-state index contributed by atoms with van der Waals surface area (Å²) in [6.45, 7) is 2.27. The highest BCUT2D eigenvalue weighted by molar-refractivity contribution is 6.31. The minimum atomic E-state index is -4.67. The van der Waals surface area contributed by atoms with E-state index in [1.165, 1.54) is 34.4 Å². The molecule has 1 unspecified atom stereocenters. The second-order valence-corrected chi connectivity index (χ2v) is 7.55. The van der Waals surface area contributed by atoms with E-state index >= 15 is 0 Å². The number of benzene rings is 1. The maximum atomic E-state index is 13.4.